The zero-order valence-electron chi connectivity index (χ0n) is 15.1. The van der Waals surface area contributed by atoms with Crippen molar-refractivity contribution in [2.24, 2.45) is 5.14 Å². The second-order valence-corrected chi connectivity index (χ2v) is 10.7. The van der Waals surface area contributed by atoms with Gasteiger partial charge in [0.15, 0.2) is 0 Å². The third kappa shape index (κ3) is 3.15. The van der Waals surface area contributed by atoms with Crippen molar-refractivity contribution in [2.75, 3.05) is 4.31 Å². The number of nitrogens with two attached hydrogens (primary N) is 1. The summed E-state index contributed by atoms with van der Waals surface area (Å²) in [5.41, 5.74) is 3.54. The zero-order chi connectivity index (χ0) is 19.4. The summed E-state index contributed by atoms with van der Waals surface area (Å²) in [6.45, 7) is 1.83. The van der Waals surface area contributed by atoms with E-state index in [1.807, 2.05) is 13.0 Å². The van der Waals surface area contributed by atoms with Crippen LogP contribution in [0.3, 0.4) is 0 Å². The van der Waals surface area contributed by atoms with E-state index >= 15 is 0 Å². The van der Waals surface area contributed by atoms with Crippen molar-refractivity contribution in [1.29, 1.82) is 0 Å². The first kappa shape index (κ1) is 18.5. The van der Waals surface area contributed by atoms with E-state index in [1.54, 1.807) is 12.1 Å². The number of hydrogen-bond donors (Lipinski definition) is 1. The monoisotopic (exact) mass is 406 g/mol. The minimum Gasteiger partial charge on any atom is -0.263 e. The molecule has 0 saturated carbocycles. The summed E-state index contributed by atoms with van der Waals surface area (Å²) in [5.74, 6) is 0. The molecule has 144 valence electrons. The Bertz CT molecular complexity index is 1120. The van der Waals surface area contributed by atoms with Gasteiger partial charge >= 0.3 is 0 Å². The summed E-state index contributed by atoms with van der Waals surface area (Å²) in [5, 5.41) is 5.20. The van der Waals surface area contributed by atoms with E-state index in [0.29, 0.717) is 22.6 Å². The smallest absolute Gasteiger partial charge is 0.263 e. The molecule has 1 heterocycles. The number of nitrogens with zero attached hydrogens (tertiary/aromatic N) is 1. The van der Waals surface area contributed by atoms with Gasteiger partial charge in [-0.3, -0.25) is 4.31 Å². The average molecular weight is 407 g/mol. The molecule has 0 fully saturated rings. The summed E-state index contributed by atoms with van der Waals surface area (Å²) >= 11 is 0. The van der Waals surface area contributed by atoms with Crippen molar-refractivity contribution in [1.82, 2.24) is 0 Å². The fourth-order valence-electron chi connectivity index (χ4n) is 4.11. The molecule has 8 heteroatoms. The van der Waals surface area contributed by atoms with Crippen LogP contribution >= 0.6 is 0 Å². The highest BCUT2D eigenvalue weighted by atomic mass is 32.2. The first-order valence-electron chi connectivity index (χ1n) is 9.00. The maximum Gasteiger partial charge on any atom is 0.264 e. The van der Waals surface area contributed by atoms with Crippen LogP contribution in [0.4, 0.5) is 5.69 Å². The summed E-state index contributed by atoms with van der Waals surface area (Å²) in [6.07, 6.45) is 4.57. The number of anilines is 1. The second-order valence-electron chi connectivity index (χ2n) is 7.33. The Kier molecular flexibility index (Phi) is 4.32. The zero-order valence-corrected chi connectivity index (χ0v) is 16.7. The molecule has 0 amide bonds. The number of benzene rings is 2. The lowest BCUT2D eigenvalue weighted by Crippen LogP contribution is -2.35. The minimum absolute atomic E-state index is 0.00137. The standard InChI is InChI=1S/C19H22N2O4S2/c1-13-10-16-12-17(26(20,22)23)8-9-19(16)21(13)27(24,25)18-7-6-14-4-2-3-5-15(14)11-18/h6-9,11-13H,2-5,10H2,1H3,(H2,20,22,23)/t13-/m1/s1. The second kappa shape index (κ2) is 6.32. The predicted molar refractivity (Wildman–Crippen MR) is 104 cm³/mol. The van der Waals surface area contributed by atoms with Gasteiger partial charge in [-0.05, 0) is 86.1 Å². The summed E-state index contributed by atoms with van der Waals surface area (Å²) < 4.78 is 51.3. The third-order valence-corrected chi connectivity index (χ3v) is 8.24. The lowest BCUT2D eigenvalue weighted by molar-refractivity contribution is 0.583. The van der Waals surface area contributed by atoms with E-state index in [4.69, 9.17) is 5.14 Å². The van der Waals surface area contributed by atoms with Crippen molar-refractivity contribution in [3.05, 3.63) is 53.1 Å². The summed E-state index contributed by atoms with van der Waals surface area (Å²) in [7, 11) is -7.56. The molecule has 1 atom stereocenters. The molecular formula is C19H22N2O4S2. The number of primary sulfonamides is 1. The van der Waals surface area contributed by atoms with Crippen molar-refractivity contribution >= 4 is 25.7 Å². The Hall–Kier alpha value is -1.90. The largest absolute Gasteiger partial charge is 0.264 e. The van der Waals surface area contributed by atoms with Crippen molar-refractivity contribution in [2.45, 2.75) is 54.9 Å². The molecule has 6 nitrogen and oxygen atoms in total. The highest BCUT2D eigenvalue weighted by Gasteiger charge is 2.37. The Morgan fingerprint density at radius 1 is 0.889 bits per heavy atom. The maximum atomic E-state index is 13.4. The molecule has 1 aliphatic heterocycles. The number of aryl methyl sites for hydroxylation is 2. The van der Waals surface area contributed by atoms with Crippen LogP contribution < -0.4 is 9.44 Å². The molecule has 0 radical (unpaired) electrons. The lowest BCUT2D eigenvalue weighted by Gasteiger charge is -2.25. The molecule has 2 N–H and O–H groups in total. The van der Waals surface area contributed by atoms with Gasteiger partial charge in [0, 0.05) is 6.04 Å². The average Bonchev–Trinajstić information content (AvgIpc) is 2.96. The van der Waals surface area contributed by atoms with Crippen LogP contribution in [0.15, 0.2) is 46.2 Å². The van der Waals surface area contributed by atoms with Crippen LogP contribution in [0.25, 0.3) is 0 Å². The molecule has 2 aliphatic rings. The van der Waals surface area contributed by atoms with Gasteiger partial charge in [-0.1, -0.05) is 6.07 Å². The minimum atomic E-state index is -3.83. The van der Waals surface area contributed by atoms with Gasteiger partial charge in [0.25, 0.3) is 10.0 Å². The number of fused-ring (bicyclic) bond motifs is 2. The highest BCUT2D eigenvalue weighted by Crippen LogP contribution is 2.38. The van der Waals surface area contributed by atoms with Crippen molar-refractivity contribution in [3.63, 3.8) is 0 Å². The normalized spacial score (nSPS) is 19.6. The van der Waals surface area contributed by atoms with Gasteiger partial charge in [0.2, 0.25) is 10.0 Å². The maximum absolute atomic E-state index is 13.4. The van der Waals surface area contributed by atoms with Crippen LogP contribution in [-0.4, -0.2) is 22.9 Å². The molecule has 0 spiro atoms. The molecular weight excluding hydrogens is 384 g/mol. The van der Waals surface area contributed by atoms with E-state index in [0.717, 1.165) is 31.2 Å². The van der Waals surface area contributed by atoms with E-state index in [2.05, 4.69) is 0 Å². The molecule has 0 saturated heterocycles. The number of hydrogen-bond acceptors (Lipinski definition) is 4. The topological polar surface area (TPSA) is 97.5 Å². The fourth-order valence-corrected chi connectivity index (χ4v) is 6.41. The molecule has 0 bridgehead atoms. The Morgan fingerprint density at radius 3 is 2.22 bits per heavy atom. The van der Waals surface area contributed by atoms with Crippen LogP contribution in [0.5, 0.6) is 0 Å². The Labute approximate surface area is 160 Å². The molecule has 2 aromatic carbocycles. The van der Waals surface area contributed by atoms with Crippen LogP contribution in [-0.2, 0) is 39.3 Å². The Balaban J connectivity index is 1.77. The molecule has 2 aromatic rings. The van der Waals surface area contributed by atoms with Gasteiger partial charge < -0.3 is 0 Å². The van der Waals surface area contributed by atoms with Gasteiger partial charge in [0.1, 0.15) is 0 Å². The fraction of sp³-hybridized carbons (Fsp3) is 0.368. The van der Waals surface area contributed by atoms with E-state index in [1.165, 1.54) is 28.1 Å². The van der Waals surface area contributed by atoms with Gasteiger partial charge in [-0.2, -0.15) is 0 Å². The van der Waals surface area contributed by atoms with Crippen LogP contribution in [0, 0.1) is 0 Å². The number of sulfonamides is 2. The van der Waals surface area contributed by atoms with Crippen molar-refractivity contribution < 1.29 is 16.8 Å². The van der Waals surface area contributed by atoms with Gasteiger partial charge in [-0.15, -0.1) is 0 Å². The SMILES string of the molecule is C[C@@H]1Cc2cc(S(N)(=O)=O)ccc2N1S(=O)(=O)c1ccc2c(c1)CCCC2. The lowest BCUT2D eigenvalue weighted by atomic mass is 9.92. The molecule has 1 aliphatic carbocycles. The van der Waals surface area contributed by atoms with Gasteiger partial charge in [0.05, 0.1) is 15.5 Å². The van der Waals surface area contributed by atoms with E-state index < -0.39 is 20.0 Å². The first-order valence-corrected chi connectivity index (χ1v) is 12.0. The highest BCUT2D eigenvalue weighted by molar-refractivity contribution is 7.93. The molecule has 4 rings (SSSR count). The molecule has 27 heavy (non-hydrogen) atoms. The summed E-state index contributed by atoms with van der Waals surface area (Å²) in [4.78, 5) is 0.292. The molecule has 0 aromatic heterocycles. The van der Waals surface area contributed by atoms with Crippen molar-refractivity contribution in [3.8, 4) is 0 Å². The van der Waals surface area contributed by atoms with Gasteiger partial charge in [-0.25, -0.2) is 22.0 Å². The van der Waals surface area contributed by atoms with Crippen LogP contribution in [0.1, 0.15) is 36.5 Å². The van der Waals surface area contributed by atoms with E-state index in [9.17, 15) is 16.8 Å². The quantitative estimate of drug-likeness (QED) is 0.846. The Morgan fingerprint density at radius 2 is 1.52 bits per heavy atom. The van der Waals surface area contributed by atoms with Crippen LogP contribution in [0.2, 0.25) is 0 Å². The first-order chi connectivity index (χ1) is 12.7. The summed E-state index contributed by atoms with van der Waals surface area (Å²) in [6, 6.07) is 9.49. The third-order valence-electron chi connectivity index (χ3n) is 5.41. The predicted octanol–water partition coefficient (Wildman–Crippen LogP) is 2.35. The number of rotatable bonds is 3. The van der Waals surface area contributed by atoms with E-state index in [-0.39, 0.29) is 10.9 Å². The molecule has 0 unspecified atom stereocenters.